The second-order valence-corrected chi connectivity index (χ2v) is 15.9. The molecule has 0 bridgehead atoms. The molecule has 57 heavy (non-hydrogen) atoms. The molecule has 0 atom stereocenters. The Balaban J connectivity index is 1.23. The van der Waals surface area contributed by atoms with Gasteiger partial charge in [-0.05, 0) is 79.8 Å². The number of fused-ring (bicyclic) bond motifs is 14. The van der Waals surface area contributed by atoms with Gasteiger partial charge in [0.15, 0.2) is 0 Å². The van der Waals surface area contributed by atoms with Crippen molar-refractivity contribution in [1.29, 1.82) is 0 Å². The number of hydrogen-bond acceptors (Lipinski definition) is 2. The molecule has 0 N–H and O–H groups in total. The van der Waals surface area contributed by atoms with Crippen LogP contribution in [0.15, 0.2) is 192 Å². The van der Waals surface area contributed by atoms with Gasteiger partial charge >= 0.3 is 6.85 Å². The Morgan fingerprint density at radius 3 is 1.96 bits per heavy atom. The quantitative estimate of drug-likeness (QED) is 0.166. The van der Waals surface area contributed by atoms with Gasteiger partial charge in [-0.2, -0.15) is 0 Å². The van der Waals surface area contributed by atoms with Crippen LogP contribution < -0.4 is 15.8 Å². The van der Waals surface area contributed by atoms with Crippen LogP contribution in [0.5, 0.6) is 0 Å². The Hall–Kier alpha value is -7.30. The van der Waals surface area contributed by atoms with Crippen LogP contribution >= 0.6 is 0 Å². The summed E-state index contributed by atoms with van der Waals surface area (Å²) in [6.45, 7) is -0.0927. The normalized spacial score (nSPS) is 14.4. The highest BCUT2D eigenvalue weighted by atomic mass is 16.3. The third kappa shape index (κ3) is 3.52. The molecule has 0 spiro atoms. The summed E-state index contributed by atoms with van der Waals surface area (Å²) < 4.78 is 9.57. The fraction of sp³-hybridized carbons (Fsp3) is 0.0189. The third-order valence-corrected chi connectivity index (χ3v) is 13.4. The van der Waals surface area contributed by atoms with E-state index in [0.717, 1.165) is 21.9 Å². The van der Waals surface area contributed by atoms with E-state index in [-0.39, 0.29) is 6.85 Å². The summed E-state index contributed by atoms with van der Waals surface area (Å²) in [5.74, 6) is 0. The van der Waals surface area contributed by atoms with Gasteiger partial charge in [-0.15, -0.1) is 0 Å². The number of rotatable bonds is 2. The lowest BCUT2D eigenvalue weighted by Crippen LogP contribution is -2.58. The minimum absolute atomic E-state index is 0.0927. The molecular formula is C53H31BN2O. The monoisotopic (exact) mass is 722 g/mol. The van der Waals surface area contributed by atoms with E-state index in [1.165, 1.54) is 93.9 Å². The van der Waals surface area contributed by atoms with Crippen LogP contribution in [-0.2, 0) is 5.41 Å². The Morgan fingerprint density at radius 2 is 1.14 bits per heavy atom. The van der Waals surface area contributed by atoms with Crippen LogP contribution in [0, 0.1) is 0 Å². The topological polar surface area (TPSA) is 21.3 Å². The zero-order chi connectivity index (χ0) is 37.0. The summed E-state index contributed by atoms with van der Waals surface area (Å²) in [4.78, 5) is 2.62. The van der Waals surface area contributed by atoms with Crippen LogP contribution in [0.3, 0.4) is 0 Å². The average Bonchev–Trinajstić information content (AvgIpc) is 3.81. The number of nitrogens with zero attached hydrogens (tertiary/aromatic N) is 2. The Morgan fingerprint density at radius 1 is 0.474 bits per heavy atom. The molecule has 0 saturated carbocycles. The zero-order valence-electron chi connectivity index (χ0n) is 30.8. The van der Waals surface area contributed by atoms with Crippen LogP contribution in [0.25, 0.3) is 65.6 Å². The van der Waals surface area contributed by atoms with Crippen molar-refractivity contribution >= 4 is 89.4 Å². The predicted molar refractivity (Wildman–Crippen MR) is 237 cm³/mol. The lowest BCUT2D eigenvalue weighted by molar-refractivity contribution is 0.669. The molecule has 3 nitrogen and oxygen atoms in total. The van der Waals surface area contributed by atoms with Crippen molar-refractivity contribution in [2.75, 3.05) is 4.90 Å². The standard InChI is InChI=1S/C53H31BN2O/c1-3-17-34(18-4-1)53(35-19-5-2-6-20-35)41-24-10-11-27-44(41)55-51-42(53)25-14-26-43(51)54-49-40(31-47-48(52(49)55)38-21-9-12-28-46(38)57-47)37-23-13-22-36-39-29-32-15-7-8-16-33(32)30-45(39)56(54)50(36)37/h1-31H. The minimum atomic E-state index is -0.579. The van der Waals surface area contributed by atoms with E-state index in [9.17, 15) is 0 Å². The van der Waals surface area contributed by atoms with Crippen LogP contribution in [0.1, 0.15) is 22.3 Å². The summed E-state index contributed by atoms with van der Waals surface area (Å²) in [7, 11) is 0. The maximum absolute atomic E-state index is 6.88. The number of benzene rings is 9. The van der Waals surface area contributed by atoms with E-state index in [2.05, 4.69) is 197 Å². The molecule has 0 aliphatic carbocycles. The molecule has 11 aromatic rings. The Kier molecular flexibility index (Phi) is 5.53. The number of para-hydroxylation sites is 4. The maximum Gasteiger partial charge on any atom is 0.333 e. The molecule has 14 rings (SSSR count). The van der Waals surface area contributed by atoms with Crippen molar-refractivity contribution < 1.29 is 4.42 Å². The number of hydrogen-bond donors (Lipinski definition) is 0. The highest BCUT2D eigenvalue weighted by Crippen LogP contribution is 2.60. The van der Waals surface area contributed by atoms with Gasteiger partial charge in [0.1, 0.15) is 11.2 Å². The fourth-order valence-corrected chi connectivity index (χ4v) is 11.3. The third-order valence-electron chi connectivity index (χ3n) is 13.4. The molecule has 262 valence electrons. The summed E-state index contributed by atoms with van der Waals surface area (Å²) in [5.41, 5.74) is 17.6. The summed E-state index contributed by atoms with van der Waals surface area (Å²) in [6, 6.07) is 70.0. The summed E-state index contributed by atoms with van der Waals surface area (Å²) in [6.07, 6.45) is 0. The largest absolute Gasteiger partial charge is 0.456 e. The van der Waals surface area contributed by atoms with Gasteiger partial charge in [0, 0.05) is 38.4 Å². The first-order valence-electron chi connectivity index (χ1n) is 19.9. The van der Waals surface area contributed by atoms with Gasteiger partial charge in [-0.3, -0.25) is 0 Å². The summed E-state index contributed by atoms with van der Waals surface area (Å²) in [5, 5.41) is 7.38. The SMILES string of the molecule is c1ccc(C2(c3ccccc3)c3ccccc3N3c4c(cccc42)B2c4c(cc5oc6ccccc6c5c43)-c3cccc4c5cc6ccccc6cc5n2c34)cc1. The fourth-order valence-electron chi connectivity index (χ4n) is 11.3. The van der Waals surface area contributed by atoms with Crippen molar-refractivity contribution in [3.05, 3.63) is 210 Å². The first-order chi connectivity index (χ1) is 28.3. The number of furan rings is 1. The van der Waals surface area contributed by atoms with E-state index in [4.69, 9.17) is 4.42 Å². The molecule has 0 amide bonds. The van der Waals surface area contributed by atoms with Gasteiger partial charge in [-0.25, -0.2) is 0 Å². The maximum atomic E-state index is 6.88. The lowest BCUT2D eigenvalue weighted by atomic mass is 9.43. The van der Waals surface area contributed by atoms with Gasteiger partial charge in [0.2, 0.25) is 0 Å². The molecule has 2 aromatic heterocycles. The molecular weight excluding hydrogens is 691 g/mol. The molecule has 3 aliphatic heterocycles. The Bertz CT molecular complexity index is 3500. The van der Waals surface area contributed by atoms with E-state index >= 15 is 0 Å². The van der Waals surface area contributed by atoms with Crippen LogP contribution in [0.2, 0.25) is 0 Å². The van der Waals surface area contributed by atoms with Crippen molar-refractivity contribution in [3.8, 4) is 11.1 Å². The Labute approximate surface area is 328 Å². The first-order valence-corrected chi connectivity index (χ1v) is 19.9. The van der Waals surface area contributed by atoms with Gasteiger partial charge in [0.25, 0.3) is 0 Å². The molecule has 4 heteroatoms. The van der Waals surface area contributed by atoms with E-state index in [1.807, 2.05) is 0 Å². The molecule has 0 unspecified atom stereocenters. The zero-order valence-corrected chi connectivity index (χ0v) is 30.8. The highest BCUT2D eigenvalue weighted by Gasteiger charge is 2.52. The van der Waals surface area contributed by atoms with Gasteiger partial charge in [-0.1, -0.05) is 158 Å². The molecule has 5 heterocycles. The van der Waals surface area contributed by atoms with Crippen molar-refractivity contribution in [2.24, 2.45) is 0 Å². The van der Waals surface area contributed by atoms with Crippen LogP contribution in [-0.4, -0.2) is 11.3 Å². The smallest absolute Gasteiger partial charge is 0.333 e. The van der Waals surface area contributed by atoms with Gasteiger partial charge in [0.05, 0.1) is 22.2 Å². The van der Waals surface area contributed by atoms with Crippen molar-refractivity contribution in [3.63, 3.8) is 0 Å². The predicted octanol–water partition coefficient (Wildman–Crippen LogP) is 12.0. The molecule has 9 aromatic carbocycles. The van der Waals surface area contributed by atoms with Gasteiger partial charge < -0.3 is 13.8 Å². The molecule has 0 radical (unpaired) electrons. The van der Waals surface area contributed by atoms with E-state index in [0.29, 0.717) is 0 Å². The number of anilines is 3. The van der Waals surface area contributed by atoms with Crippen molar-refractivity contribution in [1.82, 2.24) is 4.48 Å². The lowest BCUT2D eigenvalue weighted by Gasteiger charge is -2.50. The molecule has 0 saturated heterocycles. The second-order valence-electron chi connectivity index (χ2n) is 15.9. The van der Waals surface area contributed by atoms with E-state index in [1.54, 1.807) is 0 Å². The number of aromatic nitrogens is 1. The molecule has 3 aliphatic rings. The first kappa shape index (κ1) is 30.0. The summed E-state index contributed by atoms with van der Waals surface area (Å²) >= 11 is 0. The van der Waals surface area contributed by atoms with E-state index < -0.39 is 5.41 Å². The minimum Gasteiger partial charge on any atom is -0.456 e. The average molecular weight is 723 g/mol. The van der Waals surface area contributed by atoms with Crippen molar-refractivity contribution in [2.45, 2.75) is 5.41 Å². The second kappa shape index (κ2) is 10.5. The molecule has 0 fully saturated rings. The van der Waals surface area contributed by atoms with Crippen LogP contribution in [0.4, 0.5) is 17.1 Å². The highest BCUT2D eigenvalue weighted by molar-refractivity contribution is 6.90.